The lowest BCUT2D eigenvalue weighted by Crippen LogP contribution is -2.35. The molecule has 0 aromatic heterocycles. The molecule has 3 rings (SSSR count). The van der Waals surface area contributed by atoms with Crippen molar-refractivity contribution in [2.45, 2.75) is 13.0 Å². The standard InChI is InChI=1S/C18H16ClFN2O3/c1-25-18(24)22-7-6-11-2-4-14(8-12(11)10-22)21-17(23)15-5-3-13(20)9-16(15)19/h2-5,8-9H,6-7,10H2,1H3,(H,21,23). The van der Waals surface area contributed by atoms with Crippen molar-refractivity contribution in [3.8, 4) is 0 Å². The van der Waals surface area contributed by atoms with Crippen LogP contribution in [0.2, 0.25) is 5.02 Å². The number of rotatable bonds is 2. The number of fused-ring (bicyclic) bond motifs is 1. The van der Waals surface area contributed by atoms with Crippen LogP contribution in [-0.4, -0.2) is 30.6 Å². The second-order valence-electron chi connectivity index (χ2n) is 5.70. The summed E-state index contributed by atoms with van der Waals surface area (Å²) in [6, 6.07) is 9.15. The first-order valence-corrected chi connectivity index (χ1v) is 8.07. The number of nitrogens with zero attached hydrogens (tertiary/aromatic N) is 1. The molecule has 0 unspecified atom stereocenters. The topological polar surface area (TPSA) is 58.6 Å². The van der Waals surface area contributed by atoms with E-state index in [-0.39, 0.29) is 16.7 Å². The van der Waals surface area contributed by atoms with E-state index in [9.17, 15) is 14.0 Å². The number of hydrogen-bond acceptors (Lipinski definition) is 3. The van der Waals surface area contributed by atoms with Gasteiger partial charge >= 0.3 is 6.09 Å². The summed E-state index contributed by atoms with van der Waals surface area (Å²) in [5.41, 5.74) is 2.84. The van der Waals surface area contributed by atoms with E-state index < -0.39 is 11.7 Å². The van der Waals surface area contributed by atoms with Gasteiger partial charge in [0.15, 0.2) is 0 Å². The average molecular weight is 363 g/mol. The van der Waals surface area contributed by atoms with E-state index in [2.05, 4.69) is 5.32 Å². The lowest BCUT2D eigenvalue weighted by Gasteiger charge is -2.28. The Kier molecular flexibility index (Phi) is 4.90. The molecule has 2 aromatic rings. The molecule has 0 saturated carbocycles. The molecule has 0 saturated heterocycles. The molecule has 0 spiro atoms. The normalized spacial score (nSPS) is 13.2. The zero-order valence-electron chi connectivity index (χ0n) is 13.5. The molecule has 0 bridgehead atoms. The van der Waals surface area contributed by atoms with Gasteiger partial charge in [0.2, 0.25) is 0 Å². The van der Waals surface area contributed by atoms with E-state index in [0.717, 1.165) is 23.6 Å². The van der Waals surface area contributed by atoms with E-state index >= 15 is 0 Å². The van der Waals surface area contributed by atoms with Crippen LogP contribution in [0.4, 0.5) is 14.9 Å². The van der Waals surface area contributed by atoms with Crippen molar-refractivity contribution >= 4 is 29.3 Å². The zero-order chi connectivity index (χ0) is 18.0. The van der Waals surface area contributed by atoms with Gasteiger partial charge in [-0.3, -0.25) is 4.79 Å². The van der Waals surface area contributed by atoms with Gasteiger partial charge in [0.05, 0.1) is 17.7 Å². The third kappa shape index (κ3) is 3.74. The lowest BCUT2D eigenvalue weighted by molar-refractivity contribution is 0.102. The third-order valence-electron chi connectivity index (χ3n) is 4.08. The Labute approximate surface area is 149 Å². The Hall–Kier alpha value is -2.60. The van der Waals surface area contributed by atoms with Gasteiger partial charge in [-0.25, -0.2) is 9.18 Å². The van der Waals surface area contributed by atoms with E-state index in [4.69, 9.17) is 16.3 Å². The number of carbonyl (C=O) groups is 2. The molecular formula is C18H16ClFN2O3. The SMILES string of the molecule is COC(=O)N1CCc2ccc(NC(=O)c3ccc(F)cc3Cl)cc2C1. The molecule has 0 fully saturated rings. The summed E-state index contributed by atoms with van der Waals surface area (Å²) in [4.78, 5) is 25.6. The van der Waals surface area contributed by atoms with Crippen molar-refractivity contribution in [2.24, 2.45) is 0 Å². The number of ether oxygens (including phenoxy) is 1. The second kappa shape index (κ2) is 7.11. The highest BCUT2D eigenvalue weighted by atomic mass is 35.5. The van der Waals surface area contributed by atoms with Crippen LogP contribution in [-0.2, 0) is 17.7 Å². The highest BCUT2D eigenvalue weighted by molar-refractivity contribution is 6.34. The van der Waals surface area contributed by atoms with Crippen LogP contribution in [0.25, 0.3) is 0 Å². The molecule has 1 heterocycles. The summed E-state index contributed by atoms with van der Waals surface area (Å²) in [6.07, 6.45) is 0.348. The molecule has 0 atom stereocenters. The summed E-state index contributed by atoms with van der Waals surface area (Å²) in [7, 11) is 1.35. The fourth-order valence-electron chi connectivity index (χ4n) is 2.79. The highest BCUT2D eigenvalue weighted by Crippen LogP contribution is 2.24. The Balaban J connectivity index is 1.78. The van der Waals surface area contributed by atoms with Gasteiger partial charge in [0, 0.05) is 18.8 Å². The minimum Gasteiger partial charge on any atom is -0.453 e. The number of methoxy groups -OCH3 is 1. The number of nitrogens with one attached hydrogen (secondary N) is 1. The first-order valence-electron chi connectivity index (χ1n) is 7.69. The molecular weight excluding hydrogens is 347 g/mol. The molecule has 25 heavy (non-hydrogen) atoms. The van der Waals surface area contributed by atoms with Crippen molar-refractivity contribution in [1.29, 1.82) is 0 Å². The third-order valence-corrected chi connectivity index (χ3v) is 4.40. The molecule has 0 aliphatic carbocycles. The minimum atomic E-state index is -0.502. The Morgan fingerprint density at radius 1 is 1.20 bits per heavy atom. The van der Waals surface area contributed by atoms with Crippen molar-refractivity contribution in [2.75, 3.05) is 19.0 Å². The number of hydrogen-bond donors (Lipinski definition) is 1. The van der Waals surface area contributed by atoms with Crippen molar-refractivity contribution in [3.05, 3.63) is 63.9 Å². The molecule has 7 heteroatoms. The van der Waals surface area contributed by atoms with E-state index in [1.54, 1.807) is 11.0 Å². The van der Waals surface area contributed by atoms with Crippen molar-refractivity contribution < 1.29 is 18.7 Å². The first kappa shape index (κ1) is 17.2. The molecule has 2 aromatic carbocycles. The maximum atomic E-state index is 13.1. The molecule has 130 valence electrons. The van der Waals surface area contributed by atoms with Gasteiger partial charge in [0.25, 0.3) is 5.91 Å². The molecule has 1 aliphatic heterocycles. The maximum absolute atomic E-state index is 13.1. The van der Waals surface area contributed by atoms with E-state index in [0.29, 0.717) is 18.8 Å². The van der Waals surface area contributed by atoms with Crippen LogP contribution >= 0.6 is 11.6 Å². The quantitative estimate of drug-likeness (QED) is 0.882. The van der Waals surface area contributed by atoms with Crippen LogP contribution in [0.1, 0.15) is 21.5 Å². The smallest absolute Gasteiger partial charge is 0.409 e. The van der Waals surface area contributed by atoms with Gasteiger partial charge in [0.1, 0.15) is 5.82 Å². The summed E-state index contributed by atoms with van der Waals surface area (Å²) in [5, 5.41) is 2.79. The number of anilines is 1. The lowest BCUT2D eigenvalue weighted by atomic mass is 9.99. The number of halogens is 2. The van der Waals surface area contributed by atoms with Crippen LogP contribution in [0, 0.1) is 5.82 Å². The fourth-order valence-corrected chi connectivity index (χ4v) is 3.04. The average Bonchev–Trinajstić information content (AvgIpc) is 2.60. The van der Waals surface area contributed by atoms with Crippen LogP contribution in [0.5, 0.6) is 0 Å². The fraction of sp³-hybridized carbons (Fsp3) is 0.222. The van der Waals surface area contributed by atoms with E-state index in [1.165, 1.54) is 19.2 Å². The zero-order valence-corrected chi connectivity index (χ0v) is 14.3. The van der Waals surface area contributed by atoms with Gasteiger partial charge in [-0.15, -0.1) is 0 Å². The summed E-state index contributed by atoms with van der Waals surface area (Å²) in [5.74, 6) is -0.927. The van der Waals surface area contributed by atoms with Gasteiger partial charge < -0.3 is 15.0 Å². The van der Waals surface area contributed by atoms with Gasteiger partial charge in [-0.05, 0) is 47.9 Å². The largest absolute Gasteiger partial charge is 0.453 e. The Morgan fingerprint density at radius 2 is 2.00 bits per heavy atom. The van der Waals surface area contributed by atoms with Crippen molar-refractivity contribution in [3.63, 3.8) is 0 Å². The van der Waals surface area contributed by atoms with E-state index in [1.807, 2.05) is 12.1 Å². The monoisotopic (exact) mass is 362 g/mol. The molecule has 1 N–H and O–H groups in total. The predicted octanol–water partition coefficient (Wildman–Crippen LogP) is 3.86. The molecule has 5 nitrogen and oxygen atoms in total. The van der Waals surface area contributed by atoms with Crippen LogP contribution in [0.3, 0.4) is 0 Å². The first-order chi connectivity index (χ1) is 12.0. The minimum absolute atomic E-state index is 0.0485. The Morgan fingerprint density at radius 3 is 2.72 bits per heavy atom. The summed E-state index contributed by atoms with van der Waals surface area (Å²) >= 11 is 5.92. The summed E-state index contributed by atoms with van der Waals surface area (Å²) < 4.78 is 17.9. The molecule has 1 aliphatic rings. The van der Waals surface area contributed by atoms with Gasteiger partial charge in [-0.2, -0.15) is 0 Å². The number of carbonyl (C=O) groups excluding carboxylic acids is 2. The number of amides is 2. The van der Waals surface area contributed by atoms with Crippen LogP contribution < -0.4 is 5.32 Å². The molecule has 0 radical (unpaired) electrons. The second-order valence-corrected chi connectivity index (χ2v) is 6.11. The Bertz CT molecular complexity index is 841. The molecule has 2 amide bonds. The van der Waals surface area contributed by atoms with Crippen LogP contribution in [0.15, 0.2) is 36.4 Å². The highest BCUT2D eigenvalue weighted by Gasteiger charge is 2.21. The van der Waals surface area contributed by atoms with Crippen molar-refractivity contribution in [1.82, 2.24) is 4.90 Å². The summed E-state index contributed by atoms with van der Waals surface area (Å²) in [6.45, 7) is 1.01. The maximum Gasteiger partial charge on any atom is 0.409 e. The predicted molar refractivity (Wildman–Crippen MR) is 92.3 cm³/mol. The van der Waals surface area contributed by atoms with Gasteiger partial charge in [-0.1, -0.05) is 17.7 Å². The number of benzene rings is 2.